The van der Waals surface area contributed by atoms with Gasteiger partial charge in [0.05, 0.1) is 15.5 Å². The first kappa shape index (κ1) is 20.3. The summed E-state index contributed by atoms with van der Waals surface area (Å²) in [4.78, 5) is 25.1. The molecule has 1 atom stereocenters. The van der Waals surface area contributed by atoms with Gasteiger partial charge in [-0.1, -0.05) is 42.3 Å². The molecule has 0 amide bonds. The summed E-state index contributed by atoms with van der Waals surface area (Å²) >= 11 is 6.01. The summed E-state index contributed by atoms with van der Waals surface area (Å²) in [5, 5.41) is 10.8. The van der Waals surface area contributed by atoms with Crippen molar-refractivity contribution in [1.82, 2.24) is 4.90 Å². The third-order valence-electron chi connectivity index (χ3n) is 5.17. The number of rotatable bonds is 6. The Morgan fingerprint density at radius 2 is 2.00 bits per heavy atom. The molecule has 1 saturated heterocycles. The molecule has 7 heteroatoms. The molecule has 2 aromatic carbocycles. The number of hydrogen-bond donors (Lipinski definition) is 0. The van der Waals surface area contributed by atoms with Gasteiger partial charge in [0.1, 0.15) is 6.61 Å². The predicted molar refractivity (Wildman–Crippen MR) is 107 cm³/mol. The summed E-state index contributed by atoms with van der Waals surface area (Å²) in [6.07, 6.45) is 3.68. The maximum absolute atomic E-state index is 12.4. The number of benzene rings is 2. The van der Waals surface area contributed by atoms with Gasteiger partial charge in [-0.25, -0.2) is 4.79 Å². The Hall–Kier alpha value is -2.44. The van der Waals surface area contributed by atoms with Crippen LogP contribution in [0.4, 0.5) is 5.69 Å². The molecule has 0 aromatic heterocycles. The number of likely N-dealkylation sites (tertiary alicyclic amines) is 1. The Kier molecular flexibility index (Phi) is 6.65. The second-order valence-corrected chi connectivity index (χ2v) is 7.49. The van der Waals surface area contributed by atoms with Crippen molar-refractivity contribution < 1.29 is 14.5 Å². The Morgan fingerprint density at radius 1 is 1.25 bits per heavy atom. The molecule has 1 heterocycles. The second-order valence-electron chi connectivity index (χ2n) is 7.08. The number of nitrogens with zero attached hydrogens (tertiary/aromatic N) is 2. The highest BCUT2D eigenvalue weighted by molar-refractivity contribution is 6.33. The van der Waals surface area contributed by atoms with Crippen LogP contribution in [0.25, 0.3) is 0 Å². The zero-order valence-electron chi connectivity index (χ0n) is 15.8. The van der Waals surface area contributed by atoms with Crippen LogP contribution >= 0.6 is 11.6 Å². The number of nitro groups is 1. The van der Waals surface area contributed by atoms with Crippen molar-refractivity contribution in [3.8, 4) is 0 Å². The van der Waals surface area contributed by atoms with E-state index in [1.54, 1.807) is 0 Å². The number of non-ortho nitro benzene ring substituents is 1. The van der Waals surface area contributed by atoms with Crippen molar-refractivity contribution in [3.05, 3.63) is 74.3 Å². The molecule has 6 nitrogen and oxygen atoms in total. The van der Waals surface area contributed by atoms with Gasteiger partial charge in [-0.15, -0.1) is 0 Å². The van der Waals surface area contributed by atoms with Crippen LogP contribution in [0.5, 0.6) is 0 Å². The van der Waals surface area contributed by atoms with Crippen LogP contribution in [0.2, 0.25) is 5.02 Å². The number of ether oxygens (including phenoxy) is 1. The minimum absolute atomic E-state index is 0.00891. The number of hydrogen-bond acceptors (Lipinski definition) is 5. The monoisotopic (exact) mass is 402 g/mol. The smallest absolute Gasteiger partial charge is 0.339 e. The van der Waals surface area contributed by atoms with Crippen LogP contribution in [-0.2, 0) is 17.9 Å². The summed E-state index contributed by atoms with van der Waals surface area (Å²) < 4.78 is 5.44. The molecule has 1 fully saturated rings. The molecule has 0 N–H and O–H groups in total. The average molecular weight is 403 g/mol. The Bertz CT molecular complexity index is 871. The first-order valence-corrected chi connectivity index (χ1v) is 9.75. The fourth-order valence-corrected chi connectivity index (χ4v) is 3.72. The van der Waals surface area contributed by atoms with Gasteiger partial charge in [0.15, 0.2) is 0 Å². The lowest BCUT2D eigenvalue weighted by atomic mass is 10.0. The molecule has 0 saturated carbocycles. The van der Waals surface area contributed by atoms with E-state index in [2.05, 4.69) is 17.9 Å². The molecular formula is C21H23ClN2O4. The van der Waals surface area contributed by atoms with Crippen LogP contribution in [0.3, 0.4) is 0 Å². The van der Waals surface area contributed by atoms with Gasteiger partial charge in [0.2, 0.25) is 0 Å². The zero-order valence-corrected chi connectivity index (χ0v) is 16.5. The van der Waals surface area contributed by atoms with Crippen molar-refractivity contribution in [2.24, 2.45) is 0 Å². The van der Waals surface area contributed by atoms with Crippen molar-refractivity contribution in [2.45, 2.75) is 45.4 Å². The fourth-order valence-electron chi connectivity index (χ4n) is 3.47. The van der Waals surface area contributed by atoms with Gasteiger partial charge >= 0.3 is 5.97 Å². The average Bonchev–Trinajstić information content (AvgIpc) is 2.68. The standard InChI is InChI=1S/C21H23ClN2O4/c1-15-6-4-5-11-23(15)13-16-7-2-3-8-17(16)14-28-21(25)19-10-9-18(24(26)27)12-20(19)22/h2-3,7-10,12,15H,4-6,11,13-14H2,1H3/t15-/m1/s1. The van der Waals surface area contributed by atoms with E-state index in [-0.39, 0.29) is 22.9 Å². The second kappa shape index (κ2) is 9.17. The van der Waals surface area contributed by atoms with Crippen LogP contribution < -0.4 is 0 Å². The van der Waals surface area contributed by atoms with E-state index in [4.69, 9.17) is 16.3 Å². The number of esters is 1. The Labute approximate surface area is 169 Å². The van der Waals surface area contributed by atoms with Gasteiger partial charge in [0, 0.05) is 24.7 Å². The first-order valence-electron chi connectivity index (χ1n) is 9.37. The van der Waals surface area contributed by atoms with E-state index in [9.17, 15) is 14.9 Å². The van der Waals surface area contributed by atoms with Crippen molar-refractivity contribution >= 4 is 23.3 Å². The highest BCUT2D eigenvalue weighted by atomic mass is 35.5. The van der Waals surface area contributed by atoms with Gasteiger partial charge in [-0.3, -0.25) is 15.0 Å². The van der Waals surface area contributed by atoms with E-state index in [1.807, 2.05) is 18.2 Å². The van der Waals surface area contributed by atoms with Crippen LogP contribution in [0.15, 0.2) is 42.5 Å². The molecule has 1 aliphatic heterocycles. The number of carbonyl (C=O) groups is 1. The molecule has 0 aliphatic carbocycles. The number of halogens is 1. The molecule has 0 bridgehead atoms. The highest BCUT2D eigenvalue weighted by Gasteiger charge is 2.20. The number of carbonyl (C=O) groups excluding carboxylic acids is 1. The Morgan fingerprint density at radius 3 is 2.68 bits per heavy atom. The van der Waals surface area contributed by atoms with Gasteiger partial charge in [0.25, 0.3) is 5.69 Å². The third kappa shape index (κ3) is 4.88. The van der Waals surface area contributed by atoms with E-state index < -0.39 is 10.9 Å². The van der Waals surface area contributed by atoms with Gasteiger partial charge in [-0.2, -0.15) is 0 Å². The van der Waals surface area contributed by atoms with E-state index in [1.165, 1.54) is 31.4 Å². The summed E-state index contributed by atoms with van der Waals surface area (Å²) in [5.41, 5.74) is 2.04. The summed E-state index contributed by atoms with van der Waals surface area (Å²) in [5.74, 6) is -0.596. The molecule has 28 heavy (non-hydrogen) atoms. The van der Waals surface area contributed by atoms with Crippen LogP contribution in [0, 0.1) is 10.1 Å². The van der Waals surface area contributed by atoms with Crippen molar-refractivity contribution in [2.75, 3.05) is 6.54 Å². The van der Waals surface area contributed by atoms with E-state index in [0.717, 1.165) is 30.3 Å². The van der Waals surface area contributed by atoms with E-state index in [0.29, 0.717) is 6.04 Å². The predicted octanol–water partition coefficient (Wildman–Crippen LogP) is 4.98. The van der Waals surface area contributed by atoms with Crippen molar-refractivity contribution in [3.63, 3.8) is 0 Å². The zero-order chi connectivity index (χ0) is 20.1. The molecule has 3 rings (SSSR count). The molecule has 0 radical (unpaired) electrons. The van der Waals surface area contributed by atoms with Crippen LogP contribution in [0.1, 0.15) is 47.7 Å². The molecule has 1 aliphatic rings. The third-order valence-corrected chi connectivity index (χ3v) is 5.49. The van der Waals surface area contributed by atoms with Gasteiger partial charge in [-0.05, 0) is 43.5 Å². The quantitative estimate of drug-likeness (QED) is 0.387. The number of piperidine rings is 1. The minimum atomic E-state index is -0.596. The maximum atomic E-state index is 12.4. The molecule has 0 spiro atoms. The fraction of sp³-hybridized carbons (Fsp3) is 0.381. The topological polar surface area (TPSA) is 72.7 Å². The lowest BCUT2D eigenvalue weighted by molar-refractivity contribution is -0.384. The lowest BCUT2D eigenvalue weighted by Gasteiger charge is -2.33. The SMILES string of the molecule is C[C@@H]1CCCCN1Cc1ccccc1COC(=O)c1ccc([N+](=O)[O-])cc1Cl. The lowest BCUT2D eigenvalue weighted by Crippen LogP contribution is -2.37. The maximum Gasteiger partial charge on any atom is 0.339 e. The first-order chi connectivity index (χ1) is 13.5. The number of nitro benzene ring substituents is 1. The summed E-state index contributed by atoms with van der Waals surface area (Å²) in [7, 11) is 0. The largest absolute Gasteiger partial charge is 0.457 e. The van der Waals surface area contributed by atoms with E-state index >= 15 is 0 Å². The molecule has 0 unspecified atom stereocenters. The molecule has 2 aromatic rings. The van der Waals surface area contributed by atoms with Crippen molar-refractivity contribution in [1.29, 1.82) is 0 Å². The van der Waals surface area contributed by atoms with Gasteiger partial charge < -0.3 is 4.74 Å². The summed E-state index contributed by atoms with van der Waals surface area (Å²) in [6.45, 7) is 4.28. The normalized spacial score (nSPS) is 17.3. The minimum Gasteiger partial charge on any atom is -0.457 e. The highest BCUT2D eigenvalue weighted by Crippen LogP contribution is 2.24. The van der Waals surface area contributed by atoms with Crippen LogP contribution in [-0.4, -0.2) is 28.4 Å². The molecule has 148 valence electrons. The molecular weight excluding hydrogens is 380 g/mol. The summed E-state index contributed by atoms with van der Waals surface area (Å²) in [6, 6.07) is 12.2. The Balaban J connectivity index is 1.67.